The summed E-state index contributed by atoms with van der Waals surface area (Å²) in [6, 6.07) is 2.75. The van der Waals surface area contributed by atoms with Crippen LogP contribution in [0, 0.1) is 12.8 Å². The summed E-state index contributed by atoms with van der Waals surface area (Å²) in [5, 5.41) is 5.86. The second-order valence-corrected chi connectivity index (χ2v) is 6.03. The molecule has 0 aliphatic heterocycles. The summed E-state index contributed by atoms with van der Waals surface area (Å²) in [6.07, 6.45) is 7.23. The number of aryl methyl sites for hydroxylation is 1. The lowest BCUT2D eigenvalue weighted by molar-refractivity contribution is 0.456. The van der Waals surface area contributed by atoms with Crippen LogP contribution in [-0.4, -0.2) is 6.54 Å². The second-order valence-electron chi connectivity index (χ2n) is 5.08. The second kappa shape index (κ2) is 5.83. The molecule has 90 valence electrons. The van der Waals surface area contributed by atoms with Crippen LogP contribution < -0.4 is 5.32 Å². The Morgan fingerprint density at radius 1 is 1.44 bits per heavy atom. The fourth-order valence-corrected chi connectivity index (χ4v) is 3.68. The van der Waals surface area contributed by atoms with Gasteiger partial charge in [-0.05, 0) is 49.7 Å². The molecule has 1 aromatic rings. The third-order valence-electron chi connectivity index (χ3n) is 3.77. The van der Waals surface area contributed by atoms with Gasteiger partial charge >= 0.3 is 0 Å². The largest absolute Gasteiger partial charge is 0.309 e. The zero-order valence-corrected chi connectivity index (χ0v) is 11.3. The Kier molecular flexibility index (Phi) is 4.42. The average molecular weight is 237 g/mol. The molecular formula is C14H23NS. The van der Waals surface area contributed by atoms with Crippen LogP contribution in [-0.2, 0) is 0 Å². The van der Waals surface area contributed by atoms with Crippen molar-refractivity contribution in [3.8, 4) is 0 Å². The Bertz CT molecular complexity index is 312. The SMILES string of the molecule is Cc1ccsc1C(C)NCCC1CCCC1. The van der Waals surface area contributed by atoms with Crippen LogP contribution in [0.25, 0.3) is 0 Å². The minimum absolute atomic E-state index is 0.529. The van der Waals surface area contributed by atoms with Crippen LogP contribution >= 0.6 is 11.3 Å². The van der Waals surface area contributed by atoms with Crippen molar-refractivity contribution in [1.29, 1.82) is 0 Å². The van der Waals surface area contributed by atoms with Crippen LogP contribution in [0.5, 0.6) is 0 Å². The molecule has 1 nitrogen and oxygen atoms in total. The molecular weight excluding hydrogens is 214 g/mol. The standard InChI is InChI=1S/C14H23NS/c1-11-8-10-16-14(11)12(2)15-9-7-13-5-3-4-6-13/h8,10,12-13,15H,3-7,9H2,1-2H3. The molecule has 0 bridgehead atoms. The van der Waals surface area contributed by atoms with Gasteiger partial charge in [0.05, 0.1) is 0 Å². The van der Waals surface area contributed by atoms with Crippen molar-refractivity contribution in [2.75, 3.05) is 6.54 Å². The smallest absolute Gasteiger partial charge is 0.0388 e. The highest BCUT2D eigenvalue weighted by molar-refractivity contribution is 7.10. The fourth-order valence-electron chi connectivity index (χ4n) is 2.72. The molecule has 1 unspecified atom stereocenters. The van der Waals surface area contributed by atoms with Crippen LogP contribution in [0.3, 0.4) is 0 Å². The molecule has 1 fully saturated rings. The highest BCUT2D eigenvalue weighted by Gasteiger charge is 2.15. The van der Waals surface area contributed by atoms with Crippen LogP contribution in [0.15, 0.2) is 11.4 Å². The highest BCUT2D eigenvalue weighted by Crippen LogP contribution is 2.28. The Labute approximate surface area is 103 Å². The molecule has 0 saturated heterocycles. The van der Waals surface area contributed by atoms with Crippen molar-refractivity contribution in [1.82, 2.24) is 5.32 Å². The van der Waals surface area contributed by atoms with Gasteiger partial charge in [-0.15, -0.1) is 11.3 Å². The summed E-state index contributed by atoms with van der Waals surface area (Å²) in [7, 11) is 0. The molecule has 2 rings (SSSR count). The molecule has 0 amide bonds. The van der Waals surface area contributed by atoms with Gasteiger partial charge in [-0.2, -0.15) is 0 Å². The predicted octanol–water partition coefficient (Wildman–Crippen LogP) is 4.29. The minimum Gasteiger partial charge on any atom is -0.309 e. The molecule has 0 spiro atoms. The number of hydrogen-bond acceptors (Lipinski definition) is 2. The maximum atomic E-state index is 3.66. The number of hydrogen-bond donors (Lipinski definition) is 1. The lowest BCUT2D eigenvalue weighted by Gasteiger charge is -2.15. The van der Waals surface area contributed by atoms with E-state index in [1.807, 2.05) is 11.3 Å². The number of thiophene rings is 1. The van der Waals surface area contributed by atoms with Gasteiger partial charge in [0.1, 0.15) is 0 Å². The van der Waals surface area contributed by atoms with E-state index >= 15 is 0 Å². The quantitative estimate of drug-likeness (QED) is 0.805. The molecule has 1 atom stereocenters. The van der Waals surface area contributed by atoms with E-state index in [9.17, 15) is 0 Å². The molecule has 1 heterocycles. The first-order valence-corrected chi connectivity index (χ1v) is 7.42. The monoisotopic (exact) mass is 237 g/mol. The summed E-state index contributed by atoms with van der Waals surface area (Å²) in [5.74, 6) is 1.00. The first-order chi connectivity index (χ1) is 7.77. The Hall–Kier alpha value is -0.340. The van der Waals surface area contributed by atoms with Crippen LogP contribution in [0.4, 0.5) is 0 Å². The molecule has 1 aliphatic carbocycles. The molecule has 0 radical (unpaired) electrons. The van der Waals surface area contributed by atoms with E-state index < -0.39 is 0 Å². The molecule has 0 aromatic carbocycles. The minimum atomic E-state index is 0.529. The molecule has 2 heteroatoms. The van der Waals surface area contributed by atoms with E-state index in [0.29, 0.717) is 6.04 Å². The van der Waals surface area contributed by atoms with Crippen molar-refractivity contribution < 1.29 is 0 Å². The summed E-state index contributed by atoms with van der Waals surface area (Å²) < 4.78 is 0. The molecule has 1 aromatic heterocycles. The lowest BCUT2D eigenvalue weighted by atomic mass is 10.0. The summed E-state index contributed by atoms with van der Waals surface area (Å²) in [5.41, 5.74) is 1.44. The first-order valence-electron chi connectivity index (χ1n) is 6.54. The predicted molar refractivity (Wildman–Crippen MR) is 72.0 cm³/mol. The molecule has 1 saturated carbocycles. The highest BCUT2D eigenvalue weighted by atomic mass is 32.1. The molecule has 16 heavy (non-hydrogen) atoms. The van der Waals surface area contributed by atoms with E-state index in [2.05, 4.69) is 30.6 Å². The third kappa shape index (κ3) is 3.08. The van der Waals surface area contributed by atoms with Crippen molar-refractivity contribution in [2.45, 2.75) is 52.0 Å². The van der Waals surface area contributed by atoms with Crippen molar-refractivity contribution in [3.05, 3.63) is 21.9 Å². The van der Waals surface area contributed by atoms with Crippen LogP contribution in [0.1, 0.15) is 55.5 Å². The molecule has 1 N–H and O–H groups in total. The van der Waals surface area contributed by atoms with E-state index in [1.165, 1.54) is 49.1 Å². The van der Waals surface area contributed by atoms with Crippen molar-refractivity contribution in [2.24, 2.45) is 5.92 Å². The number of rotatable bonds is 5. The normalized spacial score (nSPS) is 19.1. The Morgan fingerprint density at radius 3 is 2.81 bits per heavy atom. The summed E-state index contributed by atoms with van der Waals surface area (Å²) in [4.78, 5) is 1.51. The van der Waals surface area contributed by atoms with Gasteiger partial charge < -0.3 is 5.32 Å². The van der Waals surface area contributed by atoms with Crippen molar-refractivity contribution in [3.63, 3.8) is 0 Å². The summed E-state index contributed by atoms with van der Waals surface area (Å²) >= 11 is 1.88. The maximum Gasteiger partial charge on any atom is 0.0388 e. The Morgan fingerprint density at radius 2 is 2.19 bits per heavy atom. The van der Waals surface area contributed by atoms with Gasteiger partial charge in [0.25, 0.3) is 0 Å². The van der Waals surface area contributed by atoms with Gasteiger partial charge in [-0.25, -0.2) is 0 Å². The zero-order chi connectivity index (χ0) is 11.4. The van der Waals surface area contributed by atoms with Gasteiger partial charge in [0, 0.05) is 10.9 Å². The van der Waals surface area contributed by atoms with Gasteiger partial charge in [0.15, 0.2) is 0 Å². The lowest BCUT2D eigenvalue weighted by Crippen LogP contribution is -2.21. The van der Waals surface area contributed by atoms with E-state index in [0.717, 1.165) is 5.92 Å². The molecule has 1 aliphatic rings. The van der Waals surface area contributed by atoms with Crippen LogP contribution in [0.2, 0.25) is 0 Å². The Balaban J connectivity index is 1.71. The van der Waals surface area contributed by atoms with E-state index in [4.69, 9.17) is 0 Å². The average Bonchev–Trinajstić information content (AvgIpc) is 2.88. The van der Waals surface area contributed by atoms with Gasteiger partial charge in [0.2, 0.25) is 0 Å². The van der Waals surface area contributed by atoms with E-state index in [1.54, 1.807) is 0 Å². The van der Waals surface area contributed by atoms with Crippen molar-refractivity contribution >= 4 is 11.3 Å². The number of nitrogens with one attached hydrogen (secondary N) is 1. The summed E-state index contributed by atoms with van der Waals surface area (Å²) in [6.45, 7) is 5.68. The fraction of sp³-hybridized carbons (Fsp3) is 0.714. The topological polar surface area (TPSA) is 12.0 Å². The van der Waals surface area contributed by atoms with Gasteiger partial charge in [-0.3, -0.25) is 0 Å². The zero-order valence-electron chi connectivity index (χ0n) is 10.5. The maximum absolute atomic E-state index is 3.66. The third-order valence-corrected chi connectivity index (χ3v) is 4.97. The van der Waals surface area contributed by atoms with Gasteiger partial charge in [-0.1, -0.05) is 25.7 Å². The van der Waals surface area contributed by atoms with E-state index in [-0.39, 0.29) is 0 Å². The first kappa shape index (κ1) is 12.1.